The van der Waals surface area contributed by atoms with E-state index < -0.39 is 5.91 Å². The monoisotopic (exact) mass is 324 g/mol. The Morgan fingerprint density at radius 2 is 1.75 bits per heavy atom. The van der Waals surface area contributed by atoms with Gasteiger partial charge < -0.3 is 0 Å². The highest BCUT2D eigenvalue weighted by Crippen LogP contribution is 2.24. The molecule has 3 amide bonds. The van der Waals surface area contributed by atoms with Crippen LogP contribution in [0.3, 0.4) is 0 Å². The number of nitrogens with zero attached hydrogens (tertiary/aromatic N) is 1. The first-order valence-corrected chi connectivity index (χ1v) is 7.49. The summed E-state index contributed by atoms with van der Waals surface area (Å²) >= 11 is 0. The molecule has 2 aromatic rings. The normalized spacial score (nSPS) is 13.1. The summed E-state index contributed by atoms with van der Waals surface area (Å²) in [6, 6.07) is 14.1. The van der Waals surface area contributed by atoms with E-state index in [1.54, 1.807) is 0 Å². The van der Waals surface area contributed by atoms with Crippen molar-refractivity contribution < 1.29 is 19.2 Å². The summed E-state index contributed by atoms with van der Waals surface area (Å²) in [4.78, 5) is 42.5. The summed E-state index contributed by atoms with van der Waals surface area (Å²) in [6.07, 6.45) is 0.587. The fourth-order valence-electron chi connectivity index (χ4n) is 2.67. The highest BCUT2D eigenvalue weighted by molar-refractivity contribution is 6.22. The average Bonchev–Trinajstić information content (AvgIpc) is 2.85. The van der Waals surface area contributed by atoms with E-state index in [0.717, 1.165) is 5.56 Å². The Kier molecular flexibility index (Phi) is 4.39. The third-order valence-electron chi connectivity index (χ3n) is 3.89. The van der Waals surface area contributed by atoms with Crippen LogP contribution < -0.4 is 5.48 Å². The van der Waals surface area contributed by atoms with Crippen LogP contribution in [-0.4, -0.2) is 36.3 Å². The van der Waals surface area contributed by atoms with Gasteiger partial charge in [0, 0.05) is 12.1 Å². The second-order valence-corrected chi connectivity index (χ2v) is 5.39. The van der Waals surface area contributed by atoms with Crippen LogP contribution in [0.2, 0.25) is 0 Å². The lowest BCUT2D eigenvalue weighted by Crippen LogP contribution is -2.31. The van der Waals surface area contributed by atoms with Crippen LogP contribution >= 0.6 is 0 Å². The third-order valence-corrected chi connectivity index (χ3v) is 3.89. The van der Waals surface area contributed by atoms with Gasteiger partial charge in [0.1, 0.15) is 0 Å². The fourth-order valence-corrected chi connectivity index (χ4v) is 2.67. The lowest BCUT2D eigenvalue weighted by Gasteiger charge is -2.13. The van der Waals surface area contributed by atoms with Crippen molar-refractivity contribution in [1.82, 2.24) is 10.4 Å². The van der Waals surface area contributed by atoms with E-state index >= 15 is 0 Å². The molecule has 3 rings (SSSR count). The summed E-state index contributed by atoms with van der Waals surface area (Å²) < 4.78 is 0. The standard InChI is InChI=1S/C18H16N2O4/c1-24-19-16(21)13-7-8-14-15(11-13)18(23)20(17(14)22)10-9-12-5-3-2-4-6-12/h2-8,11H,9-10H2,1H3,(H,19,21). The van der Waals surface area contributed by atoms with Gasteiger partial charge in [-0.25, -0.2) is 5.48 Å². The Morgan fingerprint density at radius 3 is 2.46 bits per heavy atom. The van der Waals surface area contributed by atoms with Gasteiger partial charge in [0.25, 0.3) is 17.7 Å². The van der Waals surface area contributed by atoms with E-state index in [1.165, 1.54) is 30.2 Å². The lowest BCUT2D eigenvalue weighted by atomic mass is 10.1. The summed E-state index contributed by atoms with van der Waals surface area (Å²) in [5.41, 5.74) is 4.07. The van der Waals surface area contributed by atoms with Gasteiger partial charge in [-0.3, -0.25) is 24.1 Å². The number of fused-ring (bicyclic) bond motifs is 1. The average molecular weight is 324 g/mol. The van der Waals surface area contributed by atoms with Crippen LogP contribution in [0, 0.1) is 0 Å². The fraction of sp³-hybridized carbons (Fsp3) is 0.167. The van der Waals surface area contributed by atoms with Crippen LogP contribution in [0.25, 0.3) is 0 Å². The molecular formula is C18H16N2O4. The van der Waals surface area contributed by atoms with E-state index in [1.807, 2.05) is 30.3 Å². The maximum atomic E-state index is 12.5. The first kappa shape index (κ1) is 15.9. The van der Waals surface area contributed by atoms with E-state index in [9.17, 15) is 14.4 Å². The van der Waals surface area contributed by atoms with Gasteiger partial charge >= 0.3 is 0 Å². The second kappa shape index (κ2) is 6.64. The minimum absolute atomic E-state index is 0.247. The lowest BCUT2D eigenvalue weighted by molar-refractivity contribution is 0.0537. The predicted octanol–water partition coefficient (Wildman–Crippen LogP) is 1.82. The third kappa shape index (κ3) is 2.91. The molecule has 1 N–H and O–H groups in total. The number of benzene rings is 2. The number of rotatable bonds is 5. The first-order valence-electron chi connectivity index (χ1n) is 7.49. The number of hydroxylamine groups is 1. The van der Waals surface area contributed by atoms with Crippen molar-refractivity contribution in [3.8, 4) is 0 Å². The molecular weight excluding hydrogens is 308 g/mol. The Morgan fingerprint density at radius 1 is 1.04 bits per heavy atom. The van der Waals surface area contributed by atoms with Crippen molar-refractivity contribution in [3.63, 3.8) is 0 Å². The number of hydrogen-bond acceptors (Lipinski definition) is 4. The molecule has 0 atom stereocenters. The molecule has 2 aromatic carbocycles. The minimum atomic E-state index is -0.469. The minimum Gasteiger partial charge on any atom is -0.277 e. The molecule has 24 heavy (non-hydrogen) atoms. The number of nitrogens with one attached hydrogen (secondary N) is 1. The zero-order valence-electron chi connectivity index (χ0n) is 13.1. The van der Waals surface area contributed by atoms with Crippen molar-refractivity contribution >= 4 is 17.7 Å². The Hall–Kier alpha value is -2.99. The largest absolute Gasteiger partial charge is 0.277 e. The number of hydrogen-bond donors (Lipinski definition) is 1. The molecule has 1 heterocycles. The maximum absolute atomic E-state index is 12.5. The molecule has 0 saturated heterocycles. The molecule has 0 aromatic heterocycles. The molecule has 1 aliphatic heterocycles. The topological polar surface area (TPSA) is 75.7 Å². The molecule has 0 spiro atoms. The zero-order valence-corrected chi connectivity index (χ0v) is 13.1. The number of imide groups is 1. The van der Waals surface area contributed by atoms with Gasteiger partial charge in [0.2, 0.25) is 0 Å². The Labute approximate surface area is 139 Å². The van der Waals surface area contributed by atoms with Crippen LogP contribution in [0.1, 0.15) is 36.6 Å². The molecule has 122 valence electrons. The van der Waals surface area contributed by atoms with Crippen molar-refractivity contribution in [1.29, 1.82) is 0 Å². The second-order valence-electron chi connectivity index (χ2n) is 5.39. The number of carbonyl (C=O) groups is 3. The molecule has 0 saturated carbocycles. The molecule has 0 unspecified atom stereocenters. The van der Waals surface area contributed by atoms with Crippen molar-refractivity contribution in [2.45, 2.75) is 6.42 Å². The highest BCUT2D eigenvalue weighted by atomic mass is 16.6. The number of carbonyl (C=O) groups excluding carboxylic acids is 3. The van der Waals surface area contributed by atoms with Crippen LogP contribution in [0.5, 0.6) is 0 Å². The number of amides is 3. The molecule has 0 radical (unpaired) electrons. The quantitative estimate of drug-likeness (QED) is 0.672. The van der Waals surface area contributed by atoms with Gasteiger partial charge in [-0.15, -0.1) is 0 Å². The zero-order chi connectivity index (χ0) is 17.1. The van der Waals surface area contributed by atoms with Crippen molar-refractivity contribution in [2.24, 2.45) is 0 Å². The van der Waals surface area contributed by atoms with E-state index in [2.05, 4.69) is 10.3 Å². The molecule has 6 heteroatoms. The molecule has 1 aliphatic rings. The predicted molar refractivity (Wildman–Crippen MR) is 86.4 cm³/mol. The highest BCUT2D eigenvalue weighted by Gasteiger charge is 2.35. The van der Waals surface area contributed by atoms with E-state index in [0.29, 0.717) is 18.5 Å². The summed E-state index contributed by atoms with van der Waals surface area (Å²) in [7, 11) is 1.32. The van der Waals surface area contributed by atoms with Gasteiger partial charge in [-0.2, -0.15) is 0 Å². The molecule has 0 aliphatic carbocycles. The Balaban J connectivity index is 1.79. The first-order chi connectivity index (χ1) is 11.6. The van der Waals surface area contributed by atoms with Gasteiger partial charge in [0.05, 0.1) is 18.2 Å². The van der Waals surface area contributed by atoms with Crippen molar-refractivity contribution in [3.05, 3.63) is 70.8 Å². The molecule has 6 nitrogen and oxygen atoms in total. The summed E-state index contributed by atoms with van der Waals surface area (Å²) in [5, 5.41) is 0. The Bertz CT molecular complexity index is 802. The van der Waals surface area contributed by atoms with Crippen LogP contribution in [0.15, 0.2) is 48.5 Å². The summed E-state index contributed by atoms with van der Waals surface area (Å²) in [5.74, 6) is -1.18. The van der Waals surface area contributed by atoms with E-state index in [4.69, 9.17) is 0 Å². The van der Waals surface area contributed by atoms with Gasteiger partial charge in [-0.05, 0) is 30.2 Å². The van der Waals surface area contributed by atoms with Crippen molar-refractivity contribution in [2.75, 3.05) is 13.7 Å². The van der Waals surface area contributed by atoms with Gasteiger partial charge in [0.15, 0.2) is 0 Å². The smallest absolute Gasteiger partial charge is 0.274 e. The van der Waals surface area contributed by atoms with Crippen LogP contribution in [0.4, 0.5) is 0 Å². The van der Waals surface area contributed by atoms with E-state index in [-0.39, 0.29) is 22.9 Å². The molecule has 0 fully saturated rings. The SMILES string of the molecule is CONC(=O)c1ccc2c(c1)C(=O)N(CCc1ccccc1)C2=O. The van der Waals surface area contributed by atoms with Gasteiger partial charge in [-0.1, -0.05) is 30.3 Å². The van der Waals surface area contributed by atoms with Crippen LogP contribution in [-0.2, 0) is 11.3 Å². The summed E-state index contributed by atoms with van der Waals surface area (Å²) in [6.45, 7) is 0.302. The maximum Gasteiger partial charge on any atom is 0.274 e. The molecule has 0 bridgehead atoms.